The van der Waals surface area contributed by atoms with Crippen LogP contribution < -0.4 is 5.73 Å². The summed E-state index contributed by atoms with van der Waals surface area (Å²) in [6, 6.07) is 7.50. The minimum Gasteiger partial charge on any atom is -0.468 e. The third-order valence-electron chi connectivity index (χ3n) is 2.94. The number of hydrogen-bond acceptors (Lipinski definition) is 4. The number of ether oxygens (including phenoxy) is 1. The molecule has 1 rings (SSSR count). The maximum atomic E-state index is 11.6. The average Bonchev–Trinajstić information content (AvgIpc) is 2.36. The molecular formula is C14H22N2O2. The van der Waals surface area contributed by atoms with Crippen LogP contribution in [0.3, 0.4) is 0 Å². The molecule has 1 unspecified atom stereocenters. The molecule has 0 saturated heterocycles. The normalized spacial score (nSPS) is 12.4. The third kappa shape index (κ3) is 4.04. The fraction of sp³-hybridized carbons (Fsp3) is 0.500. The predicted octanol–water partition coefficient (Wildman–Crippen LogP) is 2.04. The van der Waals surface area contributed by atoms with Crippen LogP contribution in [-0.2, 0) is 16.1 Å². The van der Waals surface area contributed by atoms with Crippen molar-refractivity contribution in [3.63, 3.8) is 0 Å². The third-order valence-corrected chi connectivity index (χ3v) is 2.94. The molecule has 0 spiro atoms. The van der Waals surface area contributed by atoms with Crippen LogP contribution in [0.4, 0.5) is 5.69 Å². The highest BCUT2D eigenvalue weighted by atomic mass is 16.5. The van der Waals surface area contributed by atoms with Gasteiger partial charge in [-0.25, -0.2) is 0 Å². The van der Waals surface area contributed by atoms with E-state index in [-0.39, 0.29) is 12.0 Å². The number of nitrogens with zero attached hydrogens (tertiary/aromatic N) is 1. The maximum Gasteiger partial charge on any atom is 0.322 e. The van der Waals surface area contributed by atoms with Gasteiger partial charge in [0.2, 0.25) is 0 Å². The van der Waals surface area contributed by atoms with E-state index in [1.54, 1.807) is 0 Å². The fourth-order valence-corrected chi connectivity index (χ4v) is 1.94. The number of esters is 1. The number of anilines is 1. The first-order valence-electron chi connectivity index (χ1n) is 6.24. The SMILES string of the molecule is CCCN(Cc1cccc(N)c1)C(C)C(=O)OC. The first-order chi connectivity index (χ1) is 8.58. The Bertz CT molecular complexity index is 393. The highest BCUT2D eigenvalue weighted by Gasteiger charge is 2.21. The Balaban J connectivity index is 2.76. The number of carbonyl (C=O) groups excluding carboxylic acids is 1. The molecule has 1 aromatic rings. The van der Waals surface area contributed by atoms with E-state index >= 15 is 0 Å². The molecule has 0 bridgehead atoms. The zero-order valence-electron chi connectivity index (χ0n) is 11.3. The van der Waals surface area contributed by atoms with E-state index in [1.165, 1.54) is 7.11 Å². The van der Waals surface area contributed by atoms with Gasteiger partial charge in [0.1, 0.15) is 6.04 Å². The molecule has 4 nitrogen and oxygen atoms in total. The Labute approximate surface area is 109 Å². The summed E-state index contributed by atoms with van der Waals surface area (Å²) in [4.78, 5) is 13.7. The molecule has 100 valence electrons. The number of nitrogens with two attached hydrogens (primary N) is 1. The lowest BCUT2D eigenvalue weighted by Gasteiger charge is -2.26. The van der Waals surface area contributed by atoms with Gasteiger partial charge >= 0.3 is 5.97 Å². The number of benzene rings is 1. The number of rotatable bonds is 6. The summed E-state index contributed by atoms with van der Waals surface area (Å²) >= 11 is 0. The van der Waals surface area contributed by atoms with Gasteiger partial charge < -0.3 is 10.5 Å². The van der Waals surface area contributed by atoms with Crippen molar-refractivity contribution in [2.24, 2.45) is 0 Å². The van der Waals surface area contributed by atoms with Gasteiger partial charge in [-0.05, 0) is 37.6 Å². The molecule has 0 amide bonds. The van der Waals surface area contributed by atoms with Crippen LogP contribution in [0.15, 0.2) is 24.3 Å². The van der Waals surface area contributed by atoms with Crippen LogP contribution in [0.2, 0.25) is 0 Å². The van der Waals surface area contributed by atoms with Gasteiger partial charge in [0.15, 0.2) is 0 Å². The quantitative estimate of drug-likeness (QED) is 0.620. The summed E-state index contributed by atoms with van der Waals surface area (Å²) in [5.41, 5.74) is 7.62. The van der Waals surface area contributed by atoms with Gasteiger partial charge in [-0.15, -0.1) is 0 Å². The van der Waals surface area contributed by atoms with Crippen molar-refractivity contribution >= 4 is 11.7 Å². The Hall–Kier alpha value is -1.55. The van der Waals surface area contributed by atoms with E-state index in [9.17, 15) is 4.79 Å². The predicted molar refractivity (Wildman–Crippen MR) is 73.0 cm³/mol. The first kappa shape index (κ1) is 14.5. The summed E-state index contributed by atoms with van der Waals surface area (Å²) in [6.07, 6.45) is 0.990. The smallest absolute Gasteiger partial charge is 0.322 e. The molecule has 0 aromatic heterocycles. The lowest BCUT2D eigenvalue weighted by molar-refractivity contribution is -0.146. The summed E-state index contributed by atoms with van der Waals surface area (Å²) < 4.78 is 4.80. The second kappa shape index (κ2) is 7.01. The number of hydrogen-bond donors (Lipinski definition) is 1. The Morgan fingerprint density at radius 2 is 2.22 bits per heavy atom. The molecule has 0 aliphatic carbocycles. The fourth-order valence-electron chi connectivity index (χ4n) is 1.94. The highest BCUT2D eigenvalue weighted by molar-refractivity contribution is 5.75. The molecular weight excluding hydrogens is 228 g/mol. The zero-order valence-corrected chi connectivity index (χ0v) is 11.3. The Morgan fingerprint density at radius 3 is 2.78 bits per heavy atom. The zero-order chi connectivity index (χ0) is 13.5. The minimum absolute atomic E-state index is 0.202. The van der Waals surface area contributed by atoms with Crippen LogP contribution >= 0.6 is 0 Å². The monoisotopic (exact) mass is 250 g/mol. The van der Waals surface area contributed by atoms with Crippen LogP contribution in [-0.4, -0.2) is 30.6 Å². The average molecular weight is 250 g/mol. The van der Waals surface area contributed by atoms with Crippen molar-refractivity contribution in [2.75, 3.05) is 19.4 Å². The lowest BCUT2D eigenvalue weighted by Crippen LogP contribution is -2.39. The molecule has 0 saturated carbocycles. The summed E-state index contributed by atoms with van der Waals surface area (Å²) in [5.74, 6) is -0.202. The lowest BCUT2D eigenvalue weighted by atomic mass is 10.1. The molecule has 0 radical (unpaired) electrons. The molecule has 0 aliphatic rings. The van der Waals surface area contributed by atoms with E-state index < -0.39 is 0 Å². The largest absolute Gasteiger partial charge is 0.468 e. The van der Waals surface area contributed by atoms with Crippen LogP contribution in [0.5, 0.6) is 0 Å². The van der Waals surface area contributed by atoms with Crippen LogP contribution in [0.1, 0.15) is 25.8 Å². The summed E-state index contributed by atoms with van der Waals surface area (Å²) in [6.45, 7) is 5.52. The number of carbonyl (C=O) groups is 1. The topological polar surface area (TPSA) is 55.6 Å². The molecule has 4 heteroatoms. The summed E-state index contributed by atoms with van der Waals surface area (Å²) in [7, 11) is 1.42. The van der Waals surface area contributed by atoms with Crippen LogP contribution in [0.25, 0.3) is 0 Å². The summed E-state index contributed by atoms with van der Waals surface area (Å²) in [5, 5.41) is 0. The molecule has 1 aromatic carbocycles. The second-order valence-corrected chi connectivity index (χ2v) is 4.41. The van der Waals surface area contributed by atoms with Gasteiger partial charge in [0, 0.05) is 12.2 Å². The van der Waals surface area contributed by atoms with E-state index in [1.807, 2.05) is 31.2 Å². The molecule has 0 aliphatic heterocycles. The highest BCUT2D eigenvalue weighted by Crippen LogP contribution is 2.13. The van der Waals surface area contributed by atoms with Crippen molar-refractivity contribution in [2.45, 2.75) is 32.9 Å². The van der Waals surface area contributed by atoms with E-state index in [2.05, 4.69) is 11.8 Å². The molecule has 0 heterocycles. The van der Waals surface area contributed by atoms with Crippen molar-refractivity contribution in [1.82, 2.24) is 4.90 Å². The molecule has 0 fully saturated rings. The van der Waals surface area contributed by atoms with Crippen molar-refractivity contribution in [3.05, 3.63) is 29.8 Å². The van der Waals surface area contributed by atoms with E-state index in [0.717, 1.165) is 24.2 Å². The maximum absolute atomic E-state index is 11.6. The van der Waals surface area contributed by atoms with Crippen molar-refractivity contribution in [1.29, 1.82) is 0 Å². The van der Waals surface area contributed by atoms with Gasteiger partial charge in [-0.2, -0.15) is 0 Å². The standard InChI is InChI=1S/C14H22N2O2/c1-4-8-16(11(2)14(17)18-3)10-12-6-5-7-13(15)9-12/h5-7,9,11H,4,8,10,15H2,1-3H3. The van der Waals surface area contributed by atoms with Gasteiger partial charge in [-0.3, -0.25) is 9.69 Å². The van der Waals surface area contributed by atoms with Gasteiger partial charge in [0.05, 0.1) is 7.11 Å². The van der Waals surface area contributed by atoms with Crippen molar-refractivity contribution in [3.8, 4) is 0 Å². The van der Waals surface area contributed by atoms with Crippen LogP contribution in [0, 0.1) is 0 Å². The van der Waals surface area contributed by atoms with E-state index in [0.29, 0.717) is 6.54 Å². The minimum atomic E-state index is -0.239. The molecule has 1 atom stereocenters. The van der Waals surface area contributed by atoms with Gasteiger partial charge in [0.25, 0.3) is 0 Å². The number of methoxy groups -OCH3 is 1. The molecule has 18 heavy (non-hydrogen) atoms. The first-order valence-corrected chi connectivity index (χ1v) is 6.24. The molecule has 2 N–H and O–H groups in total. The number of nitrogen functional groups attached to an aromatic ring is 1. The van der Waals surface area contributed by atoms with Crippen molar-refractivity contribution < 1.29 is 9.53 Å². The van der Waals surface area contributed by atoms with Gasteiger partial charge in [-0.1, -0.05) is 19.1 Å². The Morgan fingerprint density at radius 1 is 1.50 bits per heavy atom. The van der Waals surface area contributed by atoms with E-state index in [4.69, 9.17) is 10.5 Å². The Kier molecular flexibility index (Phi) is 5.65. The second-order valence-electron chi connectivity index (χ2n) is 4.41.